The average molecular weight is 189 g/mol. The molecule has 1 aromatic carbocycles. The number of methoxy groups -OCH3 is 1. The molecule has 14 heavy (non-hydrogen) atoms. The molecule has 0 heterocycles. The second-order valence-electron chi connectivity index (χ2n) is 2.98. The first-order valence-corrected chi connectivity index (χ1v) is 4.21. The molecule has 0 unspecified atom stereocenters. The summed E-state index contributed by atoms with van der Waals surface area (Å²) in [5.41, 5.74) is 2.45. The zero-order valence-corrected chi connectivity index (χ0v) is 8.20. The summed E-state index contributed by atoms with van der Waals surface area (Å²) in [6, 6.07) is 5.27. The van der Waals surface area contributed by atoms with Gasteiger partial charge in [0, 0.05) is 0 Å². The van der Waals surface area contributed by atoms with E-state index in [0.29, 0.717) is 5.69 Å². The molecule has 0 spiro atoms. The Hall–Kier alpha value is -1.82. The van der Waals surface area contributed by atoms with Gasteiger partial charge in [-0.25, -0.2) is 4.85 Å². The van der Waals surface area contributed by atoms with E-state index in [4.69, 9.17) is 6.57 Å². The molecule has 0 fully saturated rings. The number of ether oxygens (including phenoxy) is 1. The lowest BCUT2D eigenvalue weighted by molar-refractivity contribution is -0.139. The topological polar surface area (TPSA) is 30.7 Å². The van der Waals surface area contributed by atoms with Crippen molar-refractivity contribution in [2.24, 2.45) is 0 Å². The van der Waals surface area contributed by atoms with Gasteiger partial charge in [-0.2, -0.15) is 0 Å². The highest BCUT2D eigenvalue weighted by atomic mass is 16.5. The van der Waals surface area contributed by atoms with Gasteiger partial charge in [-0.1, -0.05) is 23.8 Å². The van der Waals surface area contributed by atoms with Crippen LogP contribution in [-0.4, -0.2) is 13.1 Å². The van der Waals surface area contributed by atoms with Crippen molar-refractivity contribution in [3.05, 3.63) is 40.7 Å². The molecule has 0 aromatic heterocycles. The zero-order valence-electron chi connectivity index (χ0n) is 8.20. The quantitative estimate of drug-likeness (QED) is 0.527. The highest BCUT2D eigenvalue weighted by Crippen LogP contribution is 2.18. The van der Waals surface area contributed by atoms with Crippen molar-refractivity contribution >= 4 is 11.7 Å². The Morgan fingerprint density at radius 2 is 2.29 bits per heavy atom. The summed E-state index contributed by atoms with van der Waals surface area (Å²) in [5, 5.41) is 0. The number of hydrogen-bond donors (Lipinski definition) is 0. The van der Waals surface area contributed by atoms with E-state index < -0.39 is 0 Å². The predicted molar refractivity (Wildman–Crippen MR) is 53.2 cm³/mol. The maximum absolute atomic E-state index is 11.0. The van der Waals surface area contributed by atoms with Gasteiger partial charge in [-0.05, 0) is 12.5 Å². The molecule has 0 aliphatic rings. The number of esters is 1. The van der Waals surface area contributed by atoms with Crippen LogP contribution in [0.15, 0.2) is 18.2 Å². The van der Waals surface area contributed by atoms with Crippen molar-refractivity contribution in [3.8, 4) is 0 Å². The number of carbonyl (C=O) groups excluding carboxylic acids is 1. The van der Waals surface area contributed by atoms with Crippen molar-refractivity contribution in [2.75, 3.05) is 7.11 Å². The summed E-state index contributed by atoms with van der Waals surface area (Å²) in [6.45, 7) is 8.70. The minimum absolute atomic E-state index is 0.260. The molecule has 0 aliphatic heterocycles. The number of benzene rings is 1. The Labute approximate surface area is 83.1 Å². The van der Waals surface area contributed by atoms with E-state index in [1.807, 2.05) is 6.92 Å². The van der Waals surface area contributed by atoms with Crippen LogP contribution in [0.1, 0.15) is 11.1 Å². The van der Waals surface area contributed by atoms with Crippen molar-refractivity contribution in [3.63, 3.8) is 0 Å². The monoisotopic (exact) mass is 189 g/mol. The van der Waals surface area contributed by atoms with Crippen LogP contribution < -0.4 is 0 Å². The summed E-state index contributed by atoms with van der Waals surface area (Å²) >= 11 is 0. The normalized spacial score (nSPS) is 9.21. The lowest BCUT2D eigenvalue weighted by Crippen LogP contribution is -2.05. The van der Waals surface area contributed by atoms with Crippen molar-refractivity contribution < 1.29 is 9.53 Å². The first-order chi connectivity index (χ1) is 6.67. The van der Waals surface area contributed by atoms with Crippen LogP contribution in [-0.2, 0) is 16.0 Å². The lowest BCUT2D eigenvalue weighted by atomic mass is 10.1. The summed E-state index contributed by atoms with van der Waals surface area (Å²) in [4.78, 5) is 14.3. The third-order valence-corrected chi connectivity index (χ3v) is 2.02. The Kier molecular flexibility index (Phi) is 3.24. The molecule has 0 saturated carbocycles. The highest BCUT2D eigenvalue weighted by Gasteiger charge is 2.05. The standard InChI is InChI=1S/C11H11NO2/c1-8-6-10(12-2)5-4-9(8)7-11(13)14-3/h4-6H,7H2,1,3H3. The van der Waals surface area contributed by atoms with Gasteiger partial charge in [0.05, 0.1) is 20.1 Å². The van der Waals surface area contributed by atoms with Gasteiger partial charge in [0.2, 0.25) is 0 Å². The summed E-state index contributed by atoms with van der Waals surface area (Å²) in [5.74, 6) is -0.260. The van der Waals surface area contributed by atoms with Gasteiger partial charge >= 0.3 is 5.97 Å². The Balaban J connectivity index is 2.90. The van der Waals surface area contributed by atoms with Crippen LogP contribution in [0.5, 0.6) is 0 Å². The number of aryl methyl sites for hydroxylation is 1. The van der Waals surface area contributed by atoms with Gasteiger partial charge < -0.3 is 4.74 Å². The summed E-state index contributed by atoms with van der Waals surface area (Å²) in [7, 11) is 1.37. The molecule has 0 radical (unpaired) electrons. The van der Waals surface area contributed by atoms with E-state index in [9.17, 15) is 4.79 Å². The Morgan fingerprint density at radius 1 is 1.57 bits per heavy atom. The fraction of sp³-hybridized carbons (Fsp3) is 0.273. The number of hydrogen-bond acceptors (Lipinski definition) is 2. The van der Waals surface area contributed by atoms with Crippen molar-refractivity contribution in [2.45, 2.75) is 13.3 Å². The SMILES string of the molecule is [C-]#[N+]c1ccc(CC(=O)OC)c(C)c1. The van der Waals surface area contributed by atoms with E-state index in [0.717, 1.165) is 11.1 Å². The highest BCUT2D eigenvalue weighted by molar-refractivity contribution is 5.73. The molecule has 0 bridgehead atoms. The maximum Gasteiger partial charge on any atom is 0.309 e. The van der Waals surface area contributed by atoms with Gasteiger partial charge in [0.25, 0.3) is 0 Å². The van der Waals surface area contributed by atoms with Gasteiger partial charge in [0.1, 0.15) is 0 Å². The molecular weight excluding hydrogens is 178 g/mol. The van der Waals surface area contributed by atoms with Crippen molar-refractivity contribution in [1.29, 1.82) is 0 Å². The molecule has 1 aromatic rings. The molecule has 3 nitrogen and oxygen atoms in total. The van der Waals surface area contributed by atoms with E-state index >= 15 is 0 Å². The molecule has 0 N–H and O–H groups in total. The molecular formula is C11H11NO2. The van der Waals surface area contributed by atoms with E-state index in [1.165, 1.54) is 7.11 Å². The maximum atomic E-state index is 11.0. The second kappa shape index (κ2) is 4.43. The van der Waals surface area contributed by atoms with Gasteiger partial charge in [-0.15, -0.1) is 0 Å². The fourth-order valence-electron chi connectivity index (χ4n) is 1.18. The van der Waals surface area contributed by atoms with Crippen LogP contribution >= 0.6 is 0 Å². The second-order valence-corrected chi connectivity index (χ2v) is 2.98. The smallest absolute Gasteiger partial charge is 0.309 e. The number of nitrogens with zero attached hydrogens (tertiary/aromatic N) is 1. The van der Waals surface area contributed by atoms with Gasteiger partial charge in [-0.3, -0.25) is 4.79 Å². The molecule has 3 heteroatoms. The van der Waals surface area contributed by atoms with E-state index in [-0.39, 0.29) is 12.4 Å². The number of rotatable bonds is 2. The predicted octanol–water partition coefficient (Wildman–Crippen LogP) is 2.26. The summed E-state index contributed by atoms with van der Waals surface area (Å²) in [6.07, 6.45) is 0.264. The first kappa shape index (κ1) is 10.3. The van der Waals surface area contributed by atoms with Crippen LogP contribution in [0.3, 0.4) is 0 Å². The molecule has 0 aliphatic carbocycles. The van der Waals surface area contributed by atoms with Gasteiger partial charge in [0.15, 0.2) is 5.69 Å². The van der Waals surface area contributed by atoms with Crippen LogP contribution in [0.4, 0.5) is 5.69 Å². The minimum atomic E-state index is -0.260. The van der Waals surface area contributed by atoms with Crippen LogP contribution in [0.25, 0.3) is 4.85 Å². The minimum Gasteiger partial charge on any atom is -0.469 e. The molecule has 0 amide bonds. The third kappa shape index (κ3) is 2.33. The largest absolute Gasteiger partial charge is 0.469 e. The van der Waals surface area contributed by atoms with E-state index in [2.05, 4.69) is 9.58 Å². The van der Waals surface area contributed by atoms with Crippen molar-refractivity contribution in [1.82, 2.24) is 0 Å². The third-order valence-electron chi connectivity index (χ3n) is 2.02. The summed E-state index contributed by atoms with van der Waals surface area (Å²) < 4.78 is 4.57. The number of carbonyl (C=O) groups is 1. The van der Waals surface area contributed by atoms with E-state index in [1.54, 1.807) is 18.2 Å². The Morgan fingerprint density at radius 3 is 2.79 bits per heavy atom. The lowest BCUT2D eigenvalue weighted by Gasteiger charge is -2.04. The van der Waals surface area contributed by atoms with Crippen LogP contribution in [0.2, 0.25) is 0 Å². The van der Waals surface area contributed by atoms with Crippen LogP contribution in [0, 0.1) is 13.5 Å². The fourth-order valence-corrected chi connectivity index (χ4v) is 1.18. The molecule has 0 saturated heterocycles. The molecule has 1 rings (SSSR count). The molecule has 0 atom stereocenters. The zero-order chi connectivity index (χ0) is 10.6. The molecule has 72 valence electrons. The average Bonchev–Trinajstić information content (AvgIpc) is 2.20. The first-order valence-electron chi connectivity index (χ1n) is 4.21. The Bertz CT molecular complexity index is 391.